The molecule has 2 rings (SSSR count). The summed E-state index contributed by atoms with van der Waals surface area (Å²) in [5.41, 5.74) is 9.12. The largest absolute Gasteiger partial charge is 0.465 e. The average Bonchev–Trinajstić information content (AvgIpc) is 2.44. The molecule has 0 aromatic heterocycles. The molecule has 0 heterocycles. The number of carbonyl (C=O) groups excluding carboxylic acids is 1. The summed E-state index contributed by atoms with van der Waals surface area (Å²) in [7, 11) is 1.33. The summed E-state index contributed by atoms with van der Waals surface area (Å²) >= 11 is 5.84. The highest BCUT2D eigenvalue weighted by Gasteiger charge is 2.13. The van der Waals surface area contributed by atoms with Gasteiger partial charge in [0.05, 0.1) is 12.7 Å². The van der Waals surface area contributed by atoms with Crippen LogP contribution in [0.3, 0.4) is 0 Å². The lowest BCUT2D eigenvalue weighted by Crippen LogP contribution is -2.08. The van der Waals surface area contributed by atoms with Gasteiger partial charge < -0.3 is 15.8 Å². The molecular formula is C15H15ClN2O2. The maximum Gasteiger partial charge on any atom is 0.340 e. The van der Waals surface area contributed by atoms with Gasteiger partial charge in [0.1, 0.15) is 0 Å². The van der Waals surface area contributed by atoms with Gasteiger partial charge in [0.15, 0.2) is 0 Å². The lowest BCUT2D eigenvalue weighted by Gasteiger charge is -2.12. The number of carbonyl (C=O) groups is 1. The van der Waals surface area contributed by atoms with Crippen LogP contribution < -0.4 is 11.1 Å². The topological polar surface area (TPSA) is 64.3 Å². The van der Waals surface area contributed by atoms with Gasteiger partial charge in [-0.05, 0) is 48.9 Å². The van der Waals surface area contributed by atoms with Crippen LogP contribution in [0.1, 0.15) is 15.9 Å². The van der Waals surface area contributed by atoms with Crippen molar-refractivity contribution in [1.29, 1.82) is 0 Å². The third-order valence-corrected chi connectivity index (χ3v) is 3.18. The van der Waals surface area contributed by atoms with Crippen LogP contribution >= 0.6 is 11.6 Å². The molecule has 0 saturated carbocycles. The van der Waals surface area contributed by atoms with E-state index >= 15 is 0 Å². The summed E-state index contributed by atoms with van der Waals surface area (Å²) in [6, 6.07) is 10.8. The Morgan fingerprint density at radius 3 is 2.45 bits per heavy atom. The van der Waals surface area contributed by atoms with E-state index in [0.717, 1.165) is 16.9 Å². The summed E-state index contributed by atoms with van der Waals surface area (Å²) in [5, 5.41) is 3.86. The Morgan fingerprint density at radius 1 is 1.20 bits per heavy atom. The van der Waals surface area contributed by atoms with Gasteiger partial charge in [0.2, 0.25) is 0 Å². The van der Waals surface area contributed by atoms with Crippen molar-refractivity contribution in [3.8, 4) is 0 Å². The summed E-state index contributed by atoms with van der Waals surface area (Å²) in [6.45, 7) is 1.84. The molecule has 2 aromatic rings. The second kappa shape index (κ2) is 5.84. The van der Waals surface area contributed by atoms with Crippen LogP contribution in [-0.2, 0) is 4.74 Å². The SMILES string of the molecule is COC(=O)c1cc(Nc2ccc(Cl)cc2)cc(C)c1N. The van der Waals surface area contributed by atoms with Gasteiger partial charge >= 0.3 is 5.97 Å². The molecule has 0 aliphatic rings. The molecule has 2 aromatic carbocycles. The second-order valence-corrected chi connectivity index (χ2v) is 4.81. The quantitative estimate of drug-likeness (QED) is 0.667. The molecule has 0 unspecified atom stereocenters. The van der Waals surface area contributed by atoms with E-state index in [1.54, 1.807) is 18.2 Å². The van der Waals surface area contributed by atoms with E-state index in [1.165, 1.54) is 7.11 Å². The number of hydrogen-bond donors (Lipinski definition) is 2. The standard InChI is InChI=1S/C15H15ClN2O2/c1-9-7-12(8-13(14(9)17)15(19)20-2)18-11-5-3-10(16)4-6-11/h3-8,18H,17H2,1-2H3. The summed E-state index contributed by atoms with van der Waals surface area (Å²) < 4.78 is 4.73. The van der Waals surface area contributed by atoms with Crippen molar-refractivity contribution in [1.82, 2.24) is 0 Å². The number of hydrogen-bond acceptors (Lipinski definition) is 4. The van der Waals surface area contributed by atoms with Crippen molar-refractivity contribution in [2.45, 2.75) is 6.92 Å². The Morgan fingerprint density at radius 2 is 1.85 bits per heavy atom. The zero-order valence-electron chi connectivity index (χ0n) is 11.2. The highest BCUT2D eigenvalue weighted by molar-refractivity contribution is 6.30. The van der Waals surface area contributed by atoms with Gasteiger partial charge in [-0.3, -0.25) is 0 Å². The normalized spacial score (nSPS) is 10.2. The van der Waals surface area contributed by atoms with E-state index in [9.17, 15) is 4.79 Å². The summed E-state index contributed by atoms with van der Waals surface area (Å²) in [4.78, 5) is 11.7. The lowest BCUT2D eigenvalue weighted by molar-refractivity contribution is 0.0602. The predicted molar refractivity (Wildman–Crippen MR) is 81.7 cm³/mol. The molecule has 0 aliphatic heterocycles. The van der Waals surface area contributed by atoms with Crippen LogP contribution in [0, 0.1) is 6.92 Å². The predicted octanol–water partition coefficient (Wildman–Crippen LogP) is 3.76. The molecule has 0 bridgehead atoms. The van der Waals surface area contributed by atoms with Gasteiger partial charge in [-0.2, -0.15) is 0 Å². The monoisotopic (exact) mass is 290 g/mol. The van der Waals surface area contributed by atoms with Crippen molar-refractivity contribution in [3.63, 3.8) is 0 Å². The number of nitrogens with two attached hydrogens (primary N) is 1. The number of rotatable bonds is 3. The minimum atomic E-state index is -0.453. The van der Waals surface area contributed by atoms with Crippen LogP contribution in [0.5, 0.6) is 0 Å². The number of methoxy groups -OCH3 is 1. The number of esters is 1. The van der Waals surface area contributed by atoms with Crippen LogP contribution in [-0.4, -0.2) is 13.1 Å². The molecule has 5 heteroatoms. The molecule has 3 N–H and O–H groups in total. The maximum atomic E-state index is 11.7. The number of nitrogens with one attached hydrogen (secondary N) is 1. The first-order valence-corrected chi connectivity index (χ1v) is 6.40. The van der Waals surface area contributed by atoms with Gasteiger partial charge in [-0.25, -0.2) is 4.79 Å². The van der Waals surface area contributed by atoms with Crippen molar-refractivity contribution in [3.05, 3.63) is 52.5 Å². The van der Waals surface area contributed by atoms with E-state index in [0.29, 0.717) is 16.3 Å². The molecule has 0 atom stereocenters. The smallest absolute Gasteiger partial charge is 0.340 e. The average molecular weight is 291 g/mol. The van der Waals surface area contributed by atoms with E-state index in [2.05, 4.69) is 5.32 Å². The van der Waals surface area contributed by atoms with Crippen LogP contribution in [0.15, 0.2) is 36.4 Å². The van der Waals surface area contributed by atoms with Gasteiger partial charge in [0.25, 0.3) is 0 Å². The maximum absolute atomic E-state index is 11.7. The summed E-state index contributed by atoms with van der Waals surface area (Å²) in [6.07, 6.45) is 0. The first-order chi connectivity index (χ1) is 9.51. The number of benzene rings is 2. The highest BCUT2D eigenvalue weighted by Crippen LogP contribution is 2.26. The number of anilines is 3. The van der Waals surface area contributed by atoms with Gasteiger partial charge in [-0.15, -0.1) is 0 Å². The fourth-order valence-electron chi connectivity index (χ4n) is 1.85. The Balaban J connectivity index is 2.35. The molecule has 0 amide bonds. The van der Waals surface area contributed by atoms with E-state index in [-0.39, 0.29) is 0 Å². The first kappa shape index (κ1) is 14.2. The lowest BCUT2D eigenvalue weighted by atomic mass is 10.1. The summed E-state index contributed by atoms with van der Waals surface area (Å²) in [5.74, 6) is -0.453. The number of ether oxygens (including phenoxy) is 1. The van der Waals surface area contributed by atoms with Crippen LogP contribution in [0.4, 0.5) is 17.1 Å². The third kappa shape index (κ3) is 3.03. The van der Waals surface area contributed by atoms with E-state index in [4.69, 9.17) is 22.1 Å². The van der Waals surface area contributed by atoms with Crippen LogP contribution in [0.25, 0.3) is 0 Å². The molecular weight excluding hydrogens is 276 g/mol. The minimum absolute atomic E-state index is 0.351. The molecule has 0 fully saturated rings. The molecule has 0 saturated heterocycles. The third-order valence-electron chi connectivity index (χ3n) is 2.93. The molecule has 0 aliphatic carbocycles. The van der Waals surface area contributed by atoms with E-state index in [1.807, 2.05) is 25.1 Å². The van der Waals surface area contributed by atoms with Crippen molar-refractivity contribution in [2.75, 3.05) is 18.2 Å². The highest BCUT2D eigenvalue weighted by atomic mass is 35.5. The molecule has 104 valence electrons. The Hall–Kier alpha value is -2.20. The zero-order chi connectivity index (χ0) is 14.7. The Labute approximate surface area is 122 Å². The van der Waals surface area contributed by atoms with Crippen molar-refractivity contribution < 1.29 is 9.53 Å². The molecule has 0 spiro atoms. The van der Waals surface area contributed by atoms with E-state index < -0.39 is 5.97 Å². The molecule has 0 radical (unpaired) electrons. The van der Waals surface area contributed by atoms with Gasteiger partial charge in [-0.1, -0.05) is 11.6 Å². The number of nitrogen functional groups attached to an aromatic ring is 1. The Bertz CT molecular complexity index is 639. The van der Waals surface area contributed by atoms with Crippen molar-refractivity contribution in [2.24, 2.45) is 0 Å². The number of aryl methyl sites for hydroxylation is 1. The second-order valence-electron chi connectivity index (χ2n) is 4.38. The van der Waals surface area contributed by atoms with Crippen LogP contribution in [0.2, 0.25) is 5.02 Å². The molecule has 4 nitrogen and oxygen atoms in total. The molecule has 20 heavy (non-hydrogen) atoms. The number of halogens is 1. The van der Waals surface area contributed by atoms with Crippen molar-refractivity contribution >= 4 is 34.6 Å². The fraction of sp³-hybridized carbons (Fsp3) is 0.133. The zero-order valence-corrected chi connectivity index (χ0v) is 12.0. The van der Waals surface area contributed by atoms with Gasteiger partial charge in [0, 0.05) is 22.1 Å². The minimum Gasteiger partial charge on any atom is -0.465 e. The fourth-order valence-corrected chi connectivity index (χ4v) is 1.98. The Kier molecular flexibility index (Phi) is 4.15. The first-order valence-electron chi connectivity index (χ1n) is 6.02.